The molecule has 2 unspecified atom stereocenters. The van der Waals surface area contributed by atoms with Gasteiger partial charge in [0.1, 0.15) is 11.6 Å². The molecule has 6 nitrogen and oxygen atoms in total. The summed E-state index contributed by atoms with van der Waals surface area (Å²) in [6.07, 6.45) is -4.85. The number of fused-ring (bicyclic) bond motifs is 1. The summed E-state index contributed by atoms with van der Waals surface area (Å²) in [5, 5.41) is 15.5. The number of anilines is 1. The molecule has 24 heavy (non-hydrogen) atoms. The SMILES string of the molecule is COc1cccc(C2CC(C(F)(F)F)n3nc(C(=O)O)cc3N2)c1. The van der Waals surface area contributed by atoms with E-state index in [0.717, 1.165) is 6.07 Å². The van der Waals surface area contributed by atoms with Crippen molar-refractivity contribution in [3.8, 4) is 5.75 Å². The van der Waals surface area contributed by atoms with Gasteiger partial charge < -0.3 is 15.2 Å². The Balaban J connectivity index is 2.02. The molecule has 0 spiro atoms. The largest absolute Gasteiger partial charge is 0.497 e. The van der Waals surface area contributed by atoms with Gasteiger partial charge in [0.15, 0.2) is 11.7 Å². The van der Waals surface area contributed by atoms with E-state index in [1.54, 1.807) is 24.3 Å². The van der Waals surface area contributed by atoms with E-state index < -0.39 is 29.9 Å². The fraction of sp³-hybridized carbons (Fsp3) is 0.333. The molecule has 0 saturated carbocycles. The summed E-state index contributed by atoms with van der Waals surface area (Å²) < 4.78 is 46.0. The fourth-order valence-corrected chi connectivity index (χ4v) is 2.75. The summed E-state index contributed by atoms with van der Waals surface area (Å²) in [6.45, 7) is 0. The maximum Gasteiger partial charge on any atom is 0.410 e. The first-order valence-electron chi connectivity index (χ1n) is 7.09. The van der Waals surface area contributed by atoms with Gasteiger partial charge in [-0.25, -0.2) is 9.48 Å². The molecule has 2 heterocycles. The van der Waals surface area contributed by atoms with Gasteiger partial charge >= 0.3 is 12.1 Å². The summed E-state index contributed by atoms with van der Waals surface area (Å²) in [4.78, 5) is 11.0. The molecule has 0 radical (unpaired) electrons. The van der Waals surface area contributed by atoms with Gasteiger partial charge in [-0.3, -0.25) is 0 Å². The lowest BCUT2D eigenvalue weighted by Crippen LogP contribution is -2.35. The average molecular weight is 341 g/mol. The standard InChI is InChI=1S/C15H14F3N3O3/c1-24-9-4-2-3-8(5-9)10-6-12(15(16,17)18)21-13(19-10)7-11(20-21)14(22)23/h2-5,7,10,12,19H,6H2,1H3,(H,22,23). The van der Waals surface area contributed by atoms with Crippen LogP contribution in [-0.2, 0) is 0 Å². The molecule has 2 aromatic rings. The zero-order valence-corrected chi connectivity index (χ0v) is 12.5. The highest BCUT2D eigenvalue weighted by Gasteiger charge is 2.46. The van der Waals surface area contributed by atoms with Crippen molar-refractivity contribution >= 4 is 11.8 Å². The van der Waals surface area contributed by atoms with Crippen LogP contribution in [0.5, 0.6) is 5.75 Å². The first-order chi connectivity index (χ1) is 11.3. The zero-order valence-electron chi connectivity index (χ0n) is 12.5. The van der Waals surface area contributed by atoms with E-state index in [0.29, 0.717) is 16.0 Å². The number of nitrogens with one attached hydrogen (secondary N) is 1. The molecule has 1 aliphatic heterocycles. The van der Waals surface area contributed by atoms with Crippen molar-refractivity contribution in [3.05, 3.63) is 41.6 Å². The van der Waals surface area contributed by atoms with Crippen LogP contribution in [-0.4, -0.2) is 34.1 Å². The summed E-state index contributed by atoms with van der Waals surface area (Å²) in [5.74, 6) is -0.825. The third-order valence-electron chi connectivity index (χ3n) is 3.91. The number of nitrogens with zero attached hydrogens (tertiary/aromatic N) is 2. The molecule has 0 aliphatic carbocycles. The number of benzene rings is 1. The third-order valence-corrected chi connectivity index (χ3v) is 3.91. The summed E-state index contributed by atoms with van der Waals surface area (Å²) in [5.41, 5.74) is 0.186. The molecule has 0 saturated heterocycles. The van der Waals surface area contributed by atoms with E-state index in [2.05, 4.69) is 10.4 Å². The average Bonchev–Trinajstić information content (AvgIpc) is 2.97. The first kappa shape index (κ1) is 16.2. The summed E-state index contributed by atoms with van der Waals surface area (Å²) in [6, 6.07) is 5.28. The second-order valence-electron chi connectivity index (χ2n) is 5.43. The minimum atomic E-state index is -4.55. The molecule has 1 aromatic heterocycles. The number of hydrogen-bond acceptors (Lipinski definition) is 4. The highest BCUT2D eigenvalue weighted by atomic mass is 19.4. The van der Waals surface area contributed by atoms with Gasteiger partial charge in [0, 0.05) is 12.5 Å². The molecule has 0 fully saturated rings. The van der Waals surface area contributed by atoms with Crippen LogP contribution in [0.25, 0.3) is 0 Å². The molecule has 2 N–H and O–H groups in total. The Bertz CT molecular complexity index is 773. The number of ether oxygens (including phenoxy) is 1. The number of aromatic nitrogens is 2. The molecule has 128 valence electrons. The normalized spacial score (nSPS) is 20.2. The van der Waals surface area contributed by atoms with Crippen LogP contribution in [0.15, 0.2) is 30.3 Å². The Morgan fingerprint density at radius 3 is 2.79 bits per heavy atom. The van der Waals surface area contributed by atoms with Gasteiger partial charge in [0.25, 0.3) is 0 Å². The highest BCUT2D eigenvalue weighted by molar-refractivity contribution is 5.86. The molecular formula is C15H14F3N3O3. The molecule has 2 atom stereocenters. The number of carbonyl (C=O) groups is 1. The fourth-order valence-electron chi connectivity index (χ4n) is 2.75. The highest BCUT2D eigenvalue weighted by Crippen LogP contribution is 2.43. The number of methoxy groups -OCH3 is 1. The zero-order chi connectivity index (χ0) is 17.5. The smallest absolute Gasteiger partial charge is 0.410 e. The Morgan fingerprint density at radius 1 is 1.42 bits per heavy atom. The first-order valence-corrected chi connectivity index (χ1v) is 7.09. The van der Waals surface area contributed by atoms with Crippen LogP contribution in [0, 0.1) is 0 Å². The molecule has 0 bridgehead atoms. The summed E-state index contributed by atoms with van der Waals surface area (Å²) in [7, 11) is 1.47. The second kappa shape index (κ2) is 5.73. The lowest BCUT2D eigenvalue weighted by molar-refractivity contribution is -0.173. The van der Waals surface area contributed by atoms with Gasteiger partial charge in [0.2, 0.25) is 0 Å². The molecule has 1 aromatic carbocycles. The van der Waals surface area contributed by atoms with E-state index in [9.17, 15) is 18.0 Å². The Morgan fingerprint density at radius 2 is 2.17 bits per heavy atom. The van der Waals surface area contributed by atoms with Gasteiger partial charge in [0.05, 0.1) is 13.2 Å². The van der Waals surface area contributed by atoms with E-state index in [1.165, 1.54) is 7.11 Å². The number of alkyl halides is 3. The predicted octanol–water partition coefficient (Wildman–Crippen LogP) is 3.25. The van der Waals surface area contributed by atoms with E-state index >= 15 is 0 Å². The lowest BCUT2D eigenvalue weighted by Gasteiger charge is -2.33. The van der Waals surface area contributed by atoms with Gasteiger partial charge in [-0.05, 0) is 17.7 Å². The van der Waals surface area contributed by atoms with Crippen LogP contribution in [0.2, 0.25) is 0 Å². The minimum Gasteiger partial charge on any atom is -0.497 e. The summed E-state index contributed by atoms with van der Waals surface area (Å²) >= 11 is 0. The van der Waals surface area contributed by atoms with Crippen LogP contribution in [0.4, 0.5) is 19.0 Å². The van der Waals surface area contributed by atoms with Crippen LogP contribution in [0.1, 0.15) is 34.6 Å². The van der Waals surface area contributed by atoms with Crippen molar-refractivity contribution in [3.63, 3.8) is 0 Å². The molecule has 0 amide bonds. The van der Waals surface area contributed by atoms with Crippen LogP contribution < -0.4 is 10.1 Å². The van der Waals surface area contributed by atoms with E-state index in [1.807, 2.05) is 0 Å². The van der Waals surface area contributed by atoms with Gasteiger partial charge in [-0.1, -0.05) is 12.1 Å². The van der Waals surface area contributed by atoms with Crippen LogP contribution >= 0.6 is 0 Å². The second-order valence-corrected chi connectivity index (χ2v) is 5.43. The van der Waals surface area contributed by atoms with E-state index in [4.69, 9.17) is 9.84 Å². The van der Waals surface area contributed by atoms with Crippen molar-refractivity contribution in [2.24, 2.45) is 0 Å². The number of hydrogen-bond donors (Lipinski definition) is 2. The Labute approximate surface area is 134 Å². The van der Waals surface area contributed by atoms with E-state index in [-0.39, 0.29) is 12.2 Å². The monoisotopic (exact) mass is 341 g/mol. The molecule has 1 aliphatic rings. The van der Waals surface area contributed by atoms with Crippen molar-refractivity contribution in [2.45, 2.75) is 24.7 Å². The van der Waals surface area contributed by atoms with Crippen molar-refractivity contribution in [1.82, 2.24) is 9.78 Å². The maximum atomic E-state index is 13.4. The number of aromatic carboxylic acids is 1. The van der Waals surface area contributed by atoms with Crippen LogP contribution in [0.3, 0.4) is 0 Å². The van der Waals surface area contributed by atoms with Gasteiger partial charge in [-0.2, -0.15) is 18.3 Å². The lowest BCUT2D eigenvalue weighted by atomic mass is 9.97. The number of halogens is 3. The van der Waals surface area contributed by atoms with Gasteiger partial charge in [-0.15, -0.1) is 0 Å². The Hall–Kier alpha value is -2.71. The maximum absolute atomic E-state index is 13.4. The minimum absolute atomic E-state index is 0.0220. The topological polar surface area (TPSA) is 76.4 Å². The van der Waals surface area contributed by atoms with Crippen molar-refractivity contribution < 1.29 is 27.8 Å². The van der Waals surface area contributed by atoms with Crippen molar-refractivity contribution in [2.75, 3.05) is 12.4 Å². The number of rotatable bonds is 3. The molecule has 3 rings (SSSR count). The third kappa shape index (κ3) is 2.89. The predicted molar refractivity (Wildman–Crippen MR) is 78.3 cm³/mol. The molecule has 9 heteroatoms. The quantitative estimate of drug-likeness (QED) is 0.896. The number of carboxylic acids is 1. The van der Waals surface area contributed by atoms with Crippen molar-refractivity contribution in [1.29, 1.82) is 0 Å². The Kier molecular flexibility index (Phi) is 3.86. The number of carboxylic acid groups (broad SMARTS) is 1. The molecular weight excluding hydrogens is 327 g/mol.